The van der Waals surface area contributed by atoms with Crippen LogP contribution >= 0.6 is 11.8 Å². The molecule has 1 amide bonds. The van der Waals surface area contributed by atoms with Crippen molar-refractivity contribution in [2.45, 2.75) is 11.6 Å². The summed E-state index contributed by atoms with van der Waals surface area (Å²) in [5.41, 5.74) is 4.01. The Hall–Kier alpha value is -3.91. The molecule has 0 aliphatic heterocycles. The van der Waals surface area contributed by atoms with Crippen molar-refractivity contribution in [2.24, 2.45) is 0 Å². The van der Waals surface area contributed by atoms with Crippen molar-refractivity contribution in [1.82, 2.24) is 15.2 Å². The Morgan fingerprint density at radius 1 is 0.824 bits per heavy atom. The molecule has 34 heavy (non-hydrogen) atoms. The minimum Gasteiger partial charge on any atom is -0.497 e. The van der Waals surface area contributed by atoms with Crippen LogP contribution in [0.5, 0.6) is 11.5 Å². The number of hydrogen-bond acceptors (Lipinski definition) is 7. The monoisotopic (exact) mass is 472 g/mol. The third-order valence-corrected chi connectivity index (χ3v) is 5.80. The van der Waals surface area contributed by atoms with Crippen molar-refractivity contribution in [3.05, 3.63) is 78.9 Å². The molecule has 0 saturated heterocycles. The van der Waals surface area contributed by atoms with Gasteiger partial charge >= 0.3 is 0 Å². The van der Waals surface area contributed by atoms with Crippen molar-refractivity contribution >= 4 is 23.4 Å². The molecule has 0 bridgehead atoms. The van der Waals surface area contributed by atoms with E-state index in [1.54, 1.807) is 32.4 Å². The van der Waals surface area contributed by atoms with Crippen LogP contribution < -0.4 is 14.8 Å². The summed E-state index contributed by atoms with van der Waals surface area (Å²) >= 11 is 1.39. The van der Waals surface area contributed by atoms with Gasteiger partial charge in [0.05, 0.1) is 14.2 Å². The van der Waals surface area contributed by atoms with Crippen LogP contribution in [0.25, 0.3) is 22.5 Å². The molecule has 0 aliphatic carbocycles. The van der Waals surface area contributed by atoms with Gasteiger partial charge in [-0.05, 0) is 0 Å². The van der Waals surface area contributed by atoms with Gasteiger partial charge in [0.1, 0.15) is 22.9 Å². The quantitative estimate of drug-likeness (QED) is 0.329. The first-order valence-electron chi connectivity index (χ1n) is 10.7. The number of benzene rings is 3. The van der Waals surface area contributed by atoms with Crippen molar-refractivity contribution in [3.63, 3.8) is 0 Å². The first kappa shape index (κ1) is 23.3. The van der Waals surface area contributed by atoms with Crippen molar-refractivity contribution in [1.29, 1.82) is 0 Å². The van der Waals surface area contributed by atoms with Crippen LogP contribution in [-0.2, 0) is 4.79 Å². The average Bonchev–Trinajstić information content (AvgIpc) is 2.89. The highest BCUT2D eigenvalue weighted by Crippen LogP contribution is 2.30. The van der Waals surface area contributed by atoms with Gasteiger partial charge in [0.15, 0.2) is 0 Å². The van der Waals surface area contributed by atoms with Gasteiger partial charge in [0.25, 0.3) is 0 Å². The minimum absolute atomic E-state index is 0.125. The Bertz CT molecular complexity index is 1230. The van der Waals surface area contributed by atoms with E-state index < -0.39 is 0 Å². The highest BCUT2D eigenvalue weighted by Gasteiger charge is 2.14. The first-order chi connectivity index (χ1) is 16.7. The fraction of sp³-hybridized carbons (Fsp3) is 0.154. The number of ether oxygens (including phenoxy) is 2. The second-order valence-electron chi connectivity index (χ2n) is 7.27. The van der Waals surface area contributed by atoms with Crippen molar-refractivity contribution < 1.29 is 14.3 Å². The van der Waals surface area contributed by atoms with Gasteiger partial charge in [-0.15, -0.1) is 10.2 Å². The number of nitrogens with one attached hydrogen (secondary N) is 1. The molecule has 8 heteroatoms. The maximum absolute atomic E-state index is 12.5. The van der Waals surface area contributed by atoms with Gasteiger partial charge in [0, 0.05) is 47.2 Å². The lowest BCUT2D eigenvalue weighted by Gasteiger charge is -2.10. The Labute approximate surface area is 202 Å². The van der Waals surface area contributed by atoms with Gasteiger partial charge < -0.3 is 14.8 Å². The largest absolute Gasteiger partial charge is 0.497 e. The van der Waals surface area contributed by atoms with Crippen LogP contribution in [0.4, 0.5) is 5.69 Å². The molecule has 0 spiro atoms. The van der Waals surface area contributed by atoms with Crippen molar-refractivity contribution in [3.8, 4) is 34.0 Å². The Balaban J connectivity index is 1.45. The van der Waals surface area contributed by atoms with Crippen LogP contribution in [0, 0.1) is 0 Å². The number of amides is 1. The van der Waals surface area contributed by atoms with E-state index in [9.17, 15) is 4.79 Å². The number of carbonyl (C=O) groups is 1. The molecule has 0 saturated carbocycles. The van der Waals surface area contributed by atoms with Crippen LogP contribution in [0.2, 0.25) is 0 Å². The van der Waals surface area contributed by atoms with Gasteiger partial charge in [0.2, 0.25) is 11.1 Å². The number of hydrogen-bond donors (Lipinski definition) is 1. The van der Waals surface area contributed by atoms with Gasteiger partial charge in [-0.2, -0.15) is 0 Å². The molecule has 172 valence electrons. The zero-order chi connectivity index (χ0) is 23.8. The molecule has 0 atom stereocenters. The number of carbonyl (C=O) groups excluding carboxylic acids is 1. The predicted octanol–water partition coefficient (Wildman–Crippen LogP) is 5.34. The van der Waals surface area contributed by atoms with Gasteiger partial charge in [-0.25, -0.2) is 4.98 Å². The molecule has 4 aromatic rings. The predicted molar refractivity (Wildman–Crippen MR) is 134 cm³/mol. The molecular weight excluding hydrogens is 448 g/mol. The molecule has 1 heterocycles. The van der Waals surface area contributed by atoms with E-state index in [2.05, 4.69) is 15.5 Å². The highest BCUT2D eigenvalue weighted by atomic mass is 32.2. The Kier molecular flexibility index (Phi) is 7.72. The lowest BCUT2D eigenvalue weighted by Crippen LogP contribution is -2.12. The molecular formula is C26H24N4O3S. The molecule has 0 unspecified atom stereocenters. The van der Waals surface area contributed by atoms with E-state index in [1.165, 1.54) is 11.8 Å². The summed E-state index contributed by atoms with van der Waals surface area (Å²) in [6.45, 7) is 0. The fourth-order valence-electron chi connectivity index (χ4n) is 3.30. The molecule has 0 aliphatic rings. The summed E-state index contributed by atoms with van der Waals surface area (Å²) < 4.78 is 10.5. The van der Waals surface area contributed by atoms with Crippen LogP contribution in [-0.4, -0.2) is 41.1 Å². The Morgan fingerprint density at radius 2 is 1.41 bits per heavy atom. The standard InChI is InChI=1S/C26H24N4O3S/c1-32-21-15-20(16-22(17-21)33-2)27-23(31)13-14-34-26-28-24(18-9-5-3-6-10-18)25(29-30-26)19-11-7-4-8-12-19/h3-12,15-17H,13-14H2,1-2H3,(H,27,31). The van der Waals surface area contributed by atoms with E-state index >= 15 is 0 Å². The number of rotatable bonds is 9. The number of thioether (sulfide) groups is 1. The van der Waals surface area contributed by atoms with Gasteiger partial charge in [-0.1, -0.05) is 72.4 Å². The van der Waals surface area contributed by atoms with E-state index in [4.69, 9.17) is 14.5 Å². The lowest BCUT2D eigenvalue weighted by molar-refractivity contribution is -0.115. The summed E-state index contributed by atoms with van der Waals surface area (Å²) in [4.78, 5) is 17.2. The van der Waals surface area contributed by atoms with Gasteiger partial charge in [-0.3, -0.25) is 4.79 Å². The number of methoxy groups -OCH3 is 2. The fourth-order valence-corrected chi connectivity index (χ4v) is 4.02. The molecule has 7 nitrogen and oxygen atoms in total. The summed E-state index contributed by atoms with van der Waals surface area (Å²) in [6.07, 6.45) is 0.286. The topological polar surface area (TPSA) is 86.2 Å². The third kappa shape index (κ3) is 5.90. The summed E-state index contributed by atoms with van der Waals surface area (Å²) in [5, 5.41) is 12.2. The molecule has 0 radical (unpaired) electrons. The SMILES string of the molecule is COc1cc(NC(=O)CCSc2nnc(-c3ccccc3)c(-c3ccccc3)n2)cc(OC)c1. The maximum atomic E-state index is 12.5. The van der Waals surface area contributed by atoms with E-state index in [1.807, 2.05) is 60.7 Å². The molecule has 3 aromatic carbocycles. The van der Waals surface area contributed by atoms with E-state index in [0.29, 0.717) is 28.1 Å². The summed E-state index contributed by atoms with van der Waals surface area (Å²) in [6, 6.07) is 25.0. The molecule has 1 aromatic heterocycles. The van der Waals surface area contributed by atoms with Crippen molar-refractivity contribution in [2.75, 3.05) is 25.3 Å². The van der Waals surface area contributed by atoms with Crippen LogP contribution in [0.1, 0.15) is 6.42 Å². The van der Waals surface area contributed by atoms with Crippen LogP contribution in [0.15, 0.2) is 84.0 Å². The lowest BCUT2D eigenvalue weighted by atomic mass is 10.0. The zero-order valence-electron chi connectivity index (χ0n) is 18.9. The second-order valence-corrected chi connectivity index (χ2v) is 8.33. The summed E-state index contributed by atoms with van der Waals surface area (Å²) in [5.74, 6) is 1.60. The number of nitrogens with zero attached hydrogens (tertiary/aromatic N) is 3. The highest BCUT2D eigenvalue weighted by molar-refractivity contribution is 7.99. The first-order valence-corrected chi connectivity index (χ1v) is 11.7. The minimum atomic E-state index is -0.125. The second kappa shape index (κ2) is 11.3. The molecule has 1 N–H and O–H groups in total. The normalized spacial score (nSPS) is 10.5. The smallest absolute Gasteiger partial charge is 0.225 e. The average molecular weight is 473 g/mol. The molecule has 4 rings (SSSR count). The maximum Gasteiger partial charge on any atom is 0.225 e. The number of anilines is 1. The van der Waals surface area contributed by atoms with E-state index in [0.717, 1.165) is 22.5 Å². The zero-order valence-corrected chi connectivity index (χ0v) is 19.7. The third-order valence-electron chi connectivity index (χ3n) is 4.96. The molecule has 0 fully saturated rings. The van der Waals surface area contributed by atoms with E-state index in [-0.39, 0.29) is 12.3 Å². The van der Waals surface area contributed by atoms with Crippen LogP contribution in [0.3, 0.4) is 0 Å². The Morgan fingerprint density at radius 3 is 2.00 bits per heavy atom. The number of aromatic nitrogens is 3. The summed E-state index contributed by atoms with van der Waals surface area (Å²) in [7, 11) is 3.13.